The summed E-state index contributed by atoms with van der Waals surface area (Å²) in [5.41, 5.74) is 1.89. The van der Waals surface area contributed by atoms with E-state index in [1.54, 1.807) is 0 Å². The molecule has 0 aromatic heterocycles. The van der Waals surface area contributed by atoms with Crippen LogP contribution in [-0.2, 0) is 0 Å². The van der Waals surface area contributed by atoms with Gasteiger partial charge in [-0.1, -0.05) is 25.0 Å². The molecule has 0 radical (unpaired) electrons. The summed E-state index contributed by atoms with van der Waals surface area (Å²) in [6.45, 7) is 2.77. The Morgan fingerprint density at radius 3 is 2.50 bits per heavy atom. The van der Waals surface area contributed by atoms with Crippen LogP contribution in [0, 0.1) is 5.41 Å². The fourth-order valence-electron chi connectivity index (χ4n) is 4.09. The first-order valence-electron chi connectivity index (χ1n) is 8.30. The quantitative estimate of drug-likeness (QED) is 0.833. The second kappa shape index (κ2) is 6.07. The van der Waals surface area contributed by atoms with Crippen LogP contribution in [0.2, 0.25) is 0 Å². The molecule has 0 saturated heterocycles. The average molecular weight is 273 g/mol. The SMILES string of the molecule is CCOc1ccccc1NC1CCC2(CCCC2)CC1. The van der Waals surface area contributed by atoms with Gasteiger partial charge in [-0.25, -0.2) is 0 Å². The Bertz CT molecular complexity index is 427. The van der Waals surface area contributed by atoms with E-state index in [2.05, 4.69) is 23.5 Å². The average Bonchev–Trinajstić information content (AvgIpc) is 2.92. The zero-order chi connectivity index (χ0) is 13.8. The lowest BCUT2D eigenvalue weighted by molar-refractivity contribution is 0.188. The summed E-state index contributed by atoms with van der Waals surface area (Å²) in [7, 11) is 0. The van der Waals surface area contributed by atoms with Crippen molar-refractivity contribution in [2.24, 2.45) is 5.41 Å². The Labute approximate surface area is 122 Å². The van der Waals surface area contributed by atoms with Gasteiger partial charge >= 0.3 is 0 Å². The molecule has 1 aromatic carbocycles. The van der Waals surface area contributed by atoms with Crippen molar-refractivity contribution in [1.29, 1.82) is 0 Å². The molecule has 2 fully saturated rings. The number of para-hydroxylation sites is 2. The third-order valence-corrected chi connectivity index (χ3v) is 5.26. The lowest BCUT2D eigenvalue weighted by atomic mass is 9.71. The van der Waals surface area contributed by atoms with E-state index in [4.69, 9.17) is 4.74 Å². The second-order valence-corrected chi connectivity index (χ2v) is 6.55. The highest BCUT2D eigenvalue weighted by molar-refractivity contribution is 5.56. The van der Waals surface area contributed by atoms with Crippen LogP contribution in [0.1, 0.15) is 58.3 Å². The predicted molar refractivity (Wildman–Crippen MR) is 84.4 cm³/mol. The fourth-order valence-corrected chi connectivity index (χ4v) is 4.09. The van der Waals surface area contributed by atoms with Crippen molar-refractivity contribution < 1.29 is 4.74 Å². The Kier molecular flexibility index (Phi) is 4.18. The Balaban J connectivity index is 1.59. The van der Waals surface area contributed by atoms with E-state index < -0.39 is 0 Å². The minimum atomic E-state index is 0.628. The third kappa shape index (κ3) is 2.94. The first-order valence-corrected chi connectivity index (χ1v) is 8.30. The topological polar surface area (TPSA) is 21.3 Å². The van der Waals surface area contributed by atoms with Crippen molar-refractivity contribution in [2.45, 2.75) is 64.3 Å². The van der Waals surface area contributed by atoms with Gasteiger partial charge in [0.05, 0.1) is 12.3 Å². The van der Waals surface area contributed by atoms with E-state index >= 15 is 0 Å². The van der Waals surface area contributed by atoms with Crippen LogP contribution in [0.25, 0.3) is 0 Å². The molecule has 2 aliphatic carbocycles. The molecular formula is C18H27NO. The van der Waals surface area contributed by atoms with Gasteiger partial charge in [0.25, 0.3) is 0 Å². The molecule has 3 rings (SSSR count). The first-order chi connectivity index (χ1) is 9.81. The normalized spacial score (nSPS) is 22.1. The van der Waals surface area contributed by atoms with Gasteiger partial charge in [-0.05, 0) is 63.0 Å². The van der Waals surface area contributed by atoms with E-state index in [1.807, 2.05) is 13.0 Å². The summed E-state index contributed by atoms with van der Waals surface area (Å²) in [5, 5.41) is 3.72. The molecule has 0 heterocycles. The van der Waals surface area contributed by atoms with Gasteiger partial charge in [-0.15, -0.1) is 0 Å². The zero-order valence-electron chi connectivity index (χ0n) is 12.7. The van der Waals surface area contributed by atoms with Crippen LogP contribution in [0.3, 0.4) is 0 Å². The van der Waals surface area contributed by atoms with E-state index in [9.17, 15) is 0 Å². The summed E-state index contributed by atoms with van der Waals surface area (Å²) in [6.07, 6.45) is 11.4. The molecule has 110 valence electrons. The largest absolute Gasteiger partial charge is 0.492 e. The number of hydrogen-bond donors (Lipinski definition) is 1. The predicted octanol–water partition coefficient (Wildman–Crippen LogP) is 5.00. The lowest BCUT2D eigenvalue weighted by Crippen LogP contribution is -2.31. The van der Waals surface area contributed by atoms with Crippen molar-refractivity contribution in [3.05, 3.63) is 24.3 Å². The minimum Gasteiger partial charge on any atom is -0.492 e. The highest BCUT2D eigenvalue weighted by atomic mass is 16.5. The van der Waals surface area contributed by atoms with Gasteiger partial charge in [0.15, 0.2) is 0 Å². The Hall–Kier alpha value is -1.18. The molecule has 20 heavy (non-hydrogen) atoms. The molecule has 2 aliphatic rings. The molecule has 2 heteroatoms. The van der Waals surface area contributed by atoms with Crippen molar-refractivity contribution >= 4 is 5.69 Å². The van der Waals surface area contributed by atoms with Crippen molar-refractivity contribution in [1.82, 2.24) is 0 Å². The monoisotopic (exact) mass is 273 g/mol. The first kappa shape index (κ1) is 13.8. The molecule has 0 aliphatic heterocycles. The van der Waals surface area contributed by atoms with Crippen molar-refractivity contribution in [3.63, 3.8) is 0 Å². The van der Waals surface area contributed by atoms with Crippen molar-refractivity contribution in [2.75, 3.05) is 11.9 Å². The summed E-state index contributed by atoms with van der Waals surface area (Å²) in [4.78, 5) is 0. The van der Waals surface area contributed by atoms with Crippen LogP contribution in [-0.4, -0.2) is 12.6 Å². The summed E-state index contributed by atoms with van der Waals surface area (Å²) >= 11 is 0. The van der Waals surface area contributed by atoms with Crippen LogP contribution >= 0.6 is 0 Å². The van der Waals surface area contributed by atoms with Crippen LogP contribution < -0.4 is 10.1 Å². The number of benzene rings is 1. The standard InChI is InChI=1S/C18H27NO/c1-2-20-17-8-4-3-7-16(17)19-15-9-13-18(14-10-15)11-5-6-12-18/h3-4,7-8,15,19H,2,5-6,9-14H2,1H3. The molecule has 1 N–H and O–H groups in total. The summed E-state index contributed by atoms with van der Waals surface area (Å²) in [5.74, 6) is 0.996. The minimum absolute atomic E-state index is 0.628. The number of rotatable bonds is 4. The summed E-state index contributed by atoms with van der Waals surface area (Å²) in [6, 6.07) is 8.97. The maximum Gasteiger partial charge on any atom is 0.142 e. The van der Waals surface area contributed by atoms with Crippen LogP contribution in [0.15, 0.2) is 24.3 Å². The van der Waals surface area contributed by atoms with Crippen LogP contribution in [0.4, 0.5) is 5.69 Å². The number of ether oxygens (including phenoxy) is 1. The summed E-state index contributed by atoms with van der Waals surface area (Å²) < 4.78 is 5.71. The Morgan fingerprint density at radius 2 is 1.80 bits per heavy atom. The maximum atomic E-state index is 5.71. The van der Waals surface area contributed by atoms with E-state index in [0.717, 1.165) is 17.8 Å². The van der Waals surface area contributed by atoms with E-state index in [-0.39, 0.29) is 0 Å². The molecule has 0 amide bonds. The molecule has 0 unspecified atom stereocenters. The van der Waals surface area contributed by atoms with Gasteiger partial charge in [-0.3, -0.25) is 0 Å². The number of nitrogens with one attached hydrogen (secondary N) is 1. The highest BCUT2D eigenvalue weighted by Crippen LogP contribution is 2.49. The number of hydrogen-bond acceptors (Lipinski definition) is 2. The molecule has 0 bridgehead atoms. The van der Waals surface area contributed by atoms with Gasteiger partial charge in [0.2, 0.25) is 0 Å². The van der Waals surface area contributed by atoms with Gasteiger partial charge in [-0.2, -0.15) is 0 Å². The van der Waals surface area contributed by atoms with Gasteiger partial charge in [0.1, 0.15) is 5.75 Å². The third-order valence-electron chi connectivity index (χ3n) is 5.26. The van der Waals surface area contributed by atoms with E-state index in [1.165, 1.54) is 57.1 Å². The molecule has 1 aromatic rings. The number of anilines is 1. The molecule has 1 spiro atoms. The smallest absolute Gasteiger partial charge is 0.142 e. The second-order valence-electron chi connectivity index (χ2n) is 6.55. The highest BCUT2D eigenvalue weighted by Gasteiger charge is 2.37. The Morgan fingerprint density at radius 1 is 1.10 bits per heavy atom. The molecule has 0 atom stereocenters. The van der Waals surface area contributed by atoms with Gasteiger partial charge in [0, 0.05) is 6.04 Å². The maximum absolute atomic E-state index is 5.71. The van der Waals surface area contributed by atoms with Gasteiger partial charge < -0.3 is 10.1 Å². The molecule has 2 saturated carbocycles. The zero-order valence-corrected chi connectivity index (χ0v) is 12.7. The molecule has 2 nitrogen and oxygen atoms in total. The molecular weight excluding hydrogens is 246 g/mol. The van der Waals surface area contributed by atoms with Crippen molar-refractivity contribution in [3.8, 4) is 5.75 Å². The van der Waals surface area contributed by atoms with E-state index in [0.29, 0.717) is 6.04 Å². The fraction of sp³-hybridized carbons (Fsp3) is 0.667. The lowest BCUT2D eigenvalue weighted by Gasteiger charge is -2.38. The van der Waals surface area contributed by atoms with Crippen LogP contribution in [0.5, 0.6) is 5.75 Å².